The predicted molar refractivity (Wildman–Crippen MR) is 140 cm³/mol. The van der Waals surface area contributed by atoms with E-state index in [0.717, 1.165) is 18.4 Å². The van der Waals surface area contributed by atoms with Crippen molar-refractivity contribution < 1.29 is 14.4 Å². The highest BCUT2D eigenvalue weighted by atomic mass is 32.2. The van der Waals surface area contributed by atoms with E-state index in [2.05, 4.69) is 22.8 Å². The molecule has 0 spiro atoms. The van der Waals surface area contributed by atoms with Crippen LogP contribution in [0.25, 0.3) is 0 Å². The molecule has 0 aliphatic carbocycles. The molecule has 6 nitrogen and oxygen atoms in total. The van der Waals surface area contributed by atoms with Crippen LogP contribution in [0, 0.1) is 5.92 Å². The van der Waals surface area contributed by atoms with Crippen LogP contribution in [0.4, 0.5) is 0 Å². The Kier molecular flexibility index (Phi) is 7.27. The van der Waals surface area contributed by atoms with Gasteiger partial charge in [-0.25, -0.2) is 0 Å². The van der Waals surface area contributed by atoms with Crippen LogP contribution >= 0.6 is 11.8 Å². The summed E-state index contributed by atoms with van der Waals surface area (Å²) in [7, 11) is 0. The smallest absolute Gasteiger partial charge is 0.256 e. The fourth-order valence-corrected chi connectivity index (χ4v) is 6.59. The van der Waals surface area contributed by atoms with Crippen LogP contribution < -0.4 is 10.6 Å². The Morgan fingerprint density at radius 1 is 1.00 bits per heavy atom. The lowest BCUT2D eigenvalue weighted by Gasteiger charge is -2.32. The molecular weight excluding hydrogens is 458 g/mol. The highest BCUT2D eigenvalue weighted by Gasteiger charge is 2.57. The highest BCUT2D eigenvalue weighted by Crippen LogP contribution is 2.56. The van der Waals surface area contributed by atoms with Crippen LogP contribution in [0.15, 0.2) is 54.6 Å². The zero-order valence-electron chi connectivity index (χ0n) is 21.1. The van der Waals surface area contributed by atoms with Crippen molar-refractivity contribution in [3.8, 4) is 0 Å². The molecule has 7 heteroatoms. The van der Waals surface area contributed by atoms with Crippen molar-refractivity contribution in [3.05, 3.63) is 71.3 Å². The van der Waals surface area contributed by atoms with Crippen molar-refractivity contribution in [1.82, 2.24) is 15.5 Å². The lowest BCUT2D eigenvalue weighted by molar-refractivity contribution is -0.133. The molecule has 2 aliphatic rings. The molecule has 3 amide bonds. The summed E-state index contributed by atoms with van der Waals surface area (Å²) in [6.07, 6.45) is 1.68. The van der Waals surface area contributed by atoms with Crippen LogP contribution in [-0.2, 0) is 16.0 Å². The molecule has 1 fully saturated rings. The zero-order valence-corrected chi connectivity index (χ0v) is 21.9. The first-order chi connectivity index (χ1) is 16.6. The second-order valence-corrected chi connectivity index (χ2v) is 12.2. The number of hydrogen-bond acceptors (Lipinski definition) is 4. The number of thioether (sulfide) groups is 1. The van der Waals surface area contributed by atoms with Gasteiger partial charge in [0.1, 0.15) is 17.5 Å². The Bertz CT molecular complexity index is 1100. The maximum atomic E-state index is 13.6. The molecule has 0 radical (unpaired) electrons. The molecule has 0 saturated carbocycles. The first kappa shape index (κ1) is 25.3. The van der Waals surface area contributed by atoms with Crippen molar-refractivity contribution >= 4 is 29.5 Å². The average Bonchev–Trinajstić information content (AvgIpc) is 3.25. The zero-order chi connectivity index (χ0) is 25.3. The second kappa shape index (κ2) is 10.1. The van der Waals surface area contributed by atoms with Crippen molar-refractivity contribution in [2.75, 3.05) is 0 Å². The van der Waals surface area contributed by atoms with Crippen LogP contribution in [0.3, 0.4) is 0 Å². The minimum Gasteiger partial charge on any atom is -0.352 e. The summed E-state index contributed by atoms with van der Waals surface area (Å²) in [4.78, 5) is 41.7. The highest BCUT2D eigenvalue weighted by molar-refractivity contribution is 8.01. The largest absolute Gasteiger partial charge is 0.352 e. The van der Waals surface area contributed by atoms with Crippen molar-refractivity contribution in [2.45, 2.75) is 75.7 Å². The fraction of sp³-hybridized carbons (Fsp3) is 0.464. The van der Waals surface area contributed by atoms with Crippen molar-refractivity contribution in [2.24, 2.45) is 5.92 Å². The van der Waals surface area contributed by atoms with E-state index in [1.165, 1.54) is 5.56 Å². The molecule has 0 aromatic heterocycles. The van der Waals surface area contributed by atoms with Gasteiger partial charge in [0, 0.05) is 16.4 Å². The monoisotopic (exact) mass is 493 g/mol. The third-order valence-electron chi connectivity index (χ3n) is 6.89. The Hall–Kier alpha value is -2.80. The van der Waals surface area contributed by atoms with Gasteiger partial charge >= 0.3 is 0 Å². The molecule has 2 aromatic rings. The van der Waals surface area contributed by atoms with E-state index < -0.39 is 16.8 Å². The van der Waals surface area contributed by atoms with E-state index in [9.17, 15) is 14.4 Å². The molecule has 0 unspecified atom stereocenters. The summed E-state index contributed by atoms with van der Waals surface area (Å²) < 4.78 is -0.487. The number of amides is 3. The summed E-state index contributed by atoms with van der Waals surface area (Å²) in [6, 6.07) is 16.4. The Morgan fingerprint density at radius 3 is 2.34 bits per heavy atom. The standard InChI is InChI=1S/C28H35N3O3S/c1-17(2)22(24(32)29-18(3)15-16-19-11-7-6-8-12-19)30-25(33)23-28(4,5)35-27-21-14-10-9-13-20(21)26(34)31(23)27/h6-14,17-18,22-23,27H,15-16H2,1-5H3,(H,29,32)(H,30,33)/t18-,22-,23-,27+/m0/s1. The molecule has 186 valence electrons. The summed E-state index contributed by atoms with van der Waals surface area (Å²) in [6.45, 7) is 9.82. The number of carbonyl (C=O) groups is 3. The van der Waals surface area contributed by atoms with E-state index in [1.807, 2.05) is 77.1 Å². The number of aryl methyl sites for hydroxylation is 1. The molecule has 2 aromatic carbocycles. The normalized spacial score (nSPS) is 21.9. The number of hydrogen-bond donors (Lipinski definition) is 2. The number of rotatable bonds is 8. The number of nitrogens with one attached hydrogen (secondary N) is 2. The van der Waals surface area contributed by atoms with Gasteiger partial charge in [-0.05, 0) is 56.7 Å². The number of carbonyl (C=O) groups excluding carboxylic acids is 3. The van der Waals surface area contributed by atoms with Gasteiger partial charge < -0.3 is 15.5 Å². The van der Waals surface area contributed by atoms with Gasteiger partial charge in [0.05, 0.1) is 0 Å². The van der Waals surface area contributed by atoms with E-state index in [0.29, 0.717) is 5.56 Å². The van der Waals surface area contributed by atoms with Gasteiger partial charge in [0.2, 0.25) is 11.8 Å². The summed E-state index contributed by atoms with van der Waals surface area (Å²) in [5.41, 5.74) is 2.84. The first-order valence-electron chi connectivity index (χ1n) is 12.3. The Labute approximate surface area is 212 Å². The first-order valence-corrected chi connectivity index (χ1v) is 13.2. The third kappa shape index (κ3) is 5.10. The molecule has 1 saturated heterocycles. The van der Waals surface area contributed by atoms with Gasteiger partial charge in [0.15, 0.2) is 0 Å². The maximum absolute atomic E-state index is 13.6. The average molecular weight is 494 g/mol. The quantitative estimate of drug-likeness (QED) is 0.574. The number of nitrogens with zero attached hydrogens (tertiary/aromatic N) is 1. The van der Waals surface area contributed by atoms with Gasteiger partial charge in [-0.15, -0.1) is 11.8 Å². The molecule has 0 bridgehead atoms. The SMILES string of the molecule is CC(C)[C@H](NC(=O)[C@@H]1N2C(=O)c3ccccc3[C@H]2SC1(C)C)C(=O)N[C@@H](C)CCc1ccccc1. The lowest BCUT2D eigenvalue weighted by atomic mass is 9.97. The fourth-order valence-electron chi connectivity index (χ4n) is 5.00. The topological polar surface area (TPSA) is 78.5 Å². The van der Waals surface area contributed by atoms with Crippen molar-refractivity contribution in [3.63, 3.8) is 0 Å². The lowest BCUT2D eigenvalue weighted by Crippen LogP contribution is -2.58. The van der Waals surface area contributed by atoms with E-state index in [4.69, 9.17) is 0 Å². The predicted octanol–water partition coefficient (Wildman–Crippen LogP) is 4.31. The second-order valence-electron chi connectivity index (χ2n) is 10.4. The third-order valence-corrected chi connectivity index (χ3v) is 8.42. The minimum atomic E-state index is -0.679. The molecule has 4 rings (SSSR count). The van der Waals surface area contributed by atoms with Gasteiger partial charge in [-0.3, -0.25) is 14.4 Å². The van der Waals surface area contributed by atoms with E-state index >= 15 is 0 Å². The molecule has 2 heterocycles. The molecule has 2 N–H and O–H groups in total. The van der Waals surface area contributed by atoms with Crippen LogP contribution in [0.1, 0.15) is 67.9 Å². The minimum absolute atomic E-state index is 0.0293. The van der Waals surface area contributed by atoms with Gasteiger partial charge in [-0.1, -0.05) is 62.4 Å². The van der Waals surface area contributed by atoms with Crippen LogP contribution in [-0.4, -0.2) is 45.5 Å². The molecule has 2 aliphatic heterocycles. The van der Waals surface area contributed by atoms with Gasteiger partial charge in [0.25, 0.3) is 5.91 Å². The van der Waals surface area contributed by atoms with Crippen LogP contribution in [0.2, 0.25) is 0 Å². The Morgan fingerprint density at radius 2 is 1.66 bits per heavy atom. The van der Waals surface area contributed by atoms with E-state index in [-0.39, 0.29) is 35.1 Å². The number of benzene rings is 2. The number of fused-ring (bicyclic) bond motifs is 3. The Balaban J connectivity index is 1.43. The maximum Gasteiger partial charge on any atom is 0.256 e. The van der Waals surface area contributed by atoms with Crippen molar-refractivity contribution in [1.29, 1.82) is 0 Å². The summed E-state index contributed by atoms with van der Waals surface area (Å²) >= 11 is 1.62. The summed E-state index contributed by atoms with van der Waals surface area (Å²) in [5, 5.41) is 5.89. The van der Waals surface area contributed by atoms with Gasteiger partial charge in [-0.2, -0.15) is 0 Å². The molecule has 4 atom stereocenters. The molecule has 35 heavy (non-hydrogen) atoms. The molecular formula is C28H35N3O3S. The van der Waals surface area contributed by atoms with Crippen LogP contribution in [0.5, 0.6) is 0 Å². The van der Waals surface area contributed by atoms with E-state index in [1.54, 1.807) is 16.7 Å². The summed E-state index contributed by atoms with van der Waals surface area (Å²) in [5.74, 6) is -0.689.